The van der Waals surface area contributed by atoms with Crippen molar-refractivity contribution in [1.29, 1.82) is 0 Å². The number of halogens is 3. The molecule has 11 heteroatoms. The Hall–Kier alpha value is -3.54. The molecule has 0 radical (unpaired) electrons. The second-order valence-corrected chi connectivity index (χ2v) is 8.38. The van der Waals surface area contributed by atoms with E-state index in [0.717, 1.165) is 29.0 Å². The van der Waals surface area contributed by atoms with E-state index >= 15 is 0 Å². The number of nitrogens with one attached hydrogen (secondary N) is 2. The van der Waals surface area contributed by atoms with Crippen molar-refractivity contribution >= 4 is 17.4 Å². The van der Waals surface area contributed by atoms with Crippen molar-refractivity contribution in [2.45, 2.75) is 18.7 Å². The van der Waals surface area contributed by atoms with Crippen molar-refractivity contribution in [3.8, 4) is 11.1 Å². The molecule has 1 aliphatic heterocycles. The normalized spacial score (nSPS) is 14.7. The highest BCUT2D eigenvalue weighted by Gasteiger charge is 2.42. The first kappa shape index (κ1) is 25.5. The molecule has 0 unspecified atom stereocenters. The largest absolute Gasteiger partial charge is 0.416 e. The number of methoxy groups -OCH3 is 1. The third kappa shape index (κ3) is 5.32. The number of aliphatic hydroxyl groups excluding tert-OH is 1. The molecule has 0 bridgehead atoms. The van der Waals surface area contributed by atoms with Gasteiger partial charge in [0.05, 0.1) is 31.1 Å². The maximum Gasteiger partial charge on any atom is 0.416 e. The summed E-state index contributed by atoms with van der Waals surface area (Å²) in [5.74, 6) is -0.233. The highest BCUT2D eigenvalue weighted by Crippen LogP contribution is 2.36. The zero-order chi connectivity index (χ0) is 25.9. The summed E-state index contributed by atoms with van der Waals surface area (Å²) in [4.78, 5) is 21.1. The highest BCUT2D eigenvalue weighted by molar-refractivity contribution is 6.03. The lowest BCUT2D eigenvalue weighted by Gasteiger charge is -2.39. The van der Waals surface area contributed by atoms with E-state index in [1.54, 1.807) is 25.3 Å². The molecule has 0 aliphatic carbocycles. The van der Waals surface area contributed by atoms with Crippen LogP contribution in [0.15, 0.2) is 48.7 Å². The maximum atomic E-state index is 13.0. The van der Waals surface area contributed by atoms with Gasteiger partial charge < -0.3 is 25.2 Å². The van der Waals surface area contributed by atoms with Gasteiger partial charge in [-0.05, 0) is 60.0 Å². The Bertz CT molecular complexity index is 1260. The van der Waals surface area contributed by atoms with Gasteiger partial charge in [0.25, 0.3) is 5.91 Å². The zero-order valence-corrected chi connectivity index (χ0v) is 19.6. The van der Waals surface area contributed by atoms with Crippen LogP contribution in [0.1, 0.15) is 27.3 Å². The van der Waals surface area contributed by atoms with Gasteiger partial charge >= 0.3 is 6.18 Å². The molecule has 2 aromatic heterocycles. The average molecular weight is 502 g/mol. The van der Waals surface area contributed by atoms with Gasteiger partial charge in [-0.25, -0.2) is 4.98 Å². The first-order chi connectivity index (χ1) is 17.1. The number of benzene rings is 1. The maximum absolute atomic E-state index is 13.0. The number of aliphatic hydroxyl groups is 1. The van der Waals surface area contributed by atoms with E-state index in [1.165, 1.54) is 0 Å². The second-order valence-electron chi connectivity index (χ2n) is 8.38. The van der Waals surface area contributed by atoms with Crippen LogP contribution in [0.2, 0.25) is 0 Å². The first-order valence-electron chi connectivity index (χ1n) is 11.1. The molecular formula is C25H25F3N4O4. The van der Waals surface area contributed by atoms with Crippen LogP contribution in [0.3, 0.4) is 0 Å². The standard InChI is InChI=1S/C25H25F3N4O4/c1-15-3-4-18(31-23(34)20-11-17(5-6-29-20)25(26,27)28)12-19(15)16-9-21(24(35-2)13-36-14-24)32-22(10-16)30-7-8-33/h3-6,9-12,33H,7-8,13-14H2,1-2H3,(H,30,32)(H,31,34). The van der Waals surface area contributed by atoms with E-state index in [2.05, 4.69) is 20.6 Å². The molecule has 1 aromatic carbocycles. The zero-order valence-electron chi connectivity index (χ0n) is 19.6. The Balaban J connectivity index is 1.67. The molecule has 0 spiro atoms. The number of amides is 1. The molecule has 3 aromatic rings. The summed E-state index contributed by atoms with van der Waals surface area (Å²) in [5.41, 5.74) is 1.48. The van der Waals surface area contributed by atoms with Crippen LogP contribution in [-0.2, 0) is 21.3 Å². The minimum absolute atomic E-state index is 0.0795. The fraction of sp³-hybridized carbons (Fsp3) is 0.320. The number of carbonyl (C=O) groups is 1. The van der Waals surface area contributed by atoms with Crippen LogP contribution < -0.4 is 10.6 Å². The summed E-state index contributed by atoms with van der Waals surface area (Å²) in [6.45, 7) is 2.81. The number of rotatable bonds is 8. The molecule has 1 saturated heterocycles. The minimum atomic E-state index is -4.58. The first-order valence-corrected chi connectivity index (χ1v) is 11.1. The van der Waals surface area contributed by atoms with E-state index in [-0.39, 0.29) is 12.3 Å². The summed E-state index contributed by atoms with van der Waals surface area (Å²) < 4.78 is 50.1. The van der Waals surface area contributed by atoms with Crippen molar-refractivity contribution in [3.05, 3.63) is 71.2 Å². The number of pyridine rings is 2. The molecule has 190 valence electrons. The lowest BCUT2D eigenvalue weighted by molar-refractivity contribution is -0.204. The molecule has 8 nitrogen and oxygen atoms in total. The van der Waals surface area contributed by atoms with Crippen molar-refractivity contribution in [1.82, 2.24) is 9.97 Å². The summed E-state index contributed by atoms with van der Waals surface area (Å²) >= 11 is 0. The molecular weight excluding hydrogens is 477 g/mol. The Morgan fingerprint density at radius 3 is 2.61 bits per heavy atom. The van der Waals surface area contributed by atoms with E-state index in [1.807, 2.05) is 19.1 Å². The third-order valence-electron chi connectivity index (χ3n) is 5.90. The summed E-state index contributed by atoms with van der Waals surface area (Å²) in [5, 5.41) is 14.9. The average Bonchev–Trinajstić information content (AvgIpc) is 2.83. The van der Waals surface area contributed by atoms with Gasteiger partial charge in [0.1, 0.15) is 11.5 Å². The quantitative estimate of drug-likeness (QED) is 0.428. The van der Waals surface area contributed by atoms with Crippen LogP contribution in [-0.4, -0.2) is 54.5 Å². The lowest BCUT2D eigenvalue weighted by atomic mass is 9.92. The highest BCUT2D eigenvalue weighted by atomic mass is 19.4. The van der Waals surface area contributed by atoms with Gasteiger partial charge in [-0.15, -0.1) is 0 Å². The fourth-order valence-electron chi connectivity index (χ4n) is 3.79. The number of aromatic nitrogens is 2. The van der Waals surface area contributed by atoms with Gasteiger partial charge in [-0.3, -0.25) is 9.78 Å². The summed E-state index contributed by atoms with van der Waals surface area (Å²) in [6.07, 6.45) is -3.63. The Morgan fingerprint density at radius 2 is 1.97 bits per heavy atom. The monoisotopic (exact) mass is 502 g/mol. The van der Waals surface area contributed by atoms with Crippen molar-refractivity contribution < 1.29 is 32.5 Å². The SMILES string of the molecule is COC1(c2cc(-c3cc(NC(=O)c4cc(C(F)(F)F)ccn4)ccc3C)cc(NCCO)n2)COC1. The number of ether oxygens (including phenoxy) is 2. The van der Waals surface area contributed by atoms with Crippen LogP contribution in [0.5, 0.6) is 0 Å². The number of hydrogen-bond donors (Lipinski definition) is 3. The number of aryl methyl sites for hydroxylation is 1. The molecule has 1 fully saturated rings. The number of carbonyl (C=O) groups excluding carboxylic acids is 1. The summed E-state index contributed by atoms with van der Waals surface area (Å²) in [6, 6.07) is 10.4. The van der Waals surface area contributed by atoms with Gasteiger partial charge in [0.15, 0.2) is 5.60 Å². The molecule has 0 atom stereocenters. The van der Waals surface area contributed by atoms with Crippen molar-refractivity contribution in [3.63, 3.8) is 0 Å². The lowest BCUT2D eigenvalue weighted by Crippen LogP contribution is -2.49. The predicted octanol–water partition coefficient (Wildman–Crippen LogP) is 4.00. The number of alkyl halides is 3. The Morgan fingerprint density at radius 1 is 1.19 bits per heavy atom. The van der Waals surface area contributed by atoms with E-state index in [4.69, 9.17) is 9.47 Å². The molecule has 0 saturated carbocycles. The van der Waals surface area contributed by atoms with Gasteiger partial charge in [-0.2, -0.15) is 13.2 Å². The van der Waals surface area contributed by atoms with Crippen LogP contribution in [0.4, 0.5) is 24.7 Å². The van der Waals surface area contributed by atoms with E-state index < -0.39 is 23.2 Å². The summed E-state index contributed by atoms with van der Waals surface area (Å²) in [7, 11) is 1.58. The van der Waals surface area contributed by atoms with Gasteiger partial charge in [0.2, 0.25) is 0 Å². The Labute approximate surface area is 205 Å². The molecule has 3 heterocycles. The minimum Gasteiger partial charge on any atom is -0.395 e. The molecule has 36 heavy (non-hydrogen) atoms. The van der Waals surface area contributed by atoms with Crippen LogP contribution in [0.25, 0.3) is 11.1 Å². The topological polar surface area (TPSA) is 106 Å². The van der Waals surface area contributed by atoms with Gasteiger partial charge in [-0.1, -0.05) is 6.07 Å². The van der Waals surface area contributed by atoms with E-state index in [9.17, 15) is 23.1 Å². The predicted molar refractivity (Wildman–Crippen MR) is 127 cm³/mol. The second kappa shape index (κ2) is 10.2. The van der Waals surface area contributed by atoms with Crippen LogP contribution >= 0.6 is 0 Å². The molecule has 1 amide bonds. The Kier molecular flexibility index (Phi) is 7.25. The number of hydrogen-bond acceptors (Lipinski definition) is 7. The smallest absolute Gasteiger partial charge is 0.395 e. The van der Waals surface area contributed by atoms with Gasteiger partial charge in [0, 0.05) is 25.5 Å². The molecule has 1 aliphatic rings. The van der Waals surface area contributed by atoms with E-state index in [0.29, 0.717) is 43.0 Å². The molecule has 4 rings (SSSR count). The fourth-order valence-corrected chi connectivity index (χ4v) is 3.79. The van der Waals surface area contributed by atoms with Crippen molar-refractivity contribution in [2.24, 2.45) is 0 Å². The third-order valence-corrected chi connectivity index (χ3v) is 5.90. The number of anilines is 2. The number of nitrogens with zero attached hydrogens (tertiary/aromatic N) is 2. The van der Waals surface area contributed by atoms with Crippen molar-refractivity contribution in [2.75, 3.05) is 44.1 Å². The van der Waals surface area contributed by atoms with Crippen LogP contribution in [0, 0.1) is 6.92 Å². The molecule has 3 N–H and O–H groups in total.